The van der Waals surface area contributed by atoms with E-state index in [-0.39, 0.29) is 36.0 Å². The fraction of sp³-hybridized carbons (Fsp3) is 0.867. The molecule has 0 saturated carbocycles. The molecule has 2 fully saturated rings. The van der Waals surface area contributed by atoms with E-state index >= 15 is 0 Å². The second-order valence-electron chi connectivity index (χ2n) is 6.28. The van der Waals surface area contributed by atoms with Crippen molar-refractivity contribution in [3.05, 3.63) is 0 Å². The molecule has 0 aromatic carbocycles. The van der Waals surface area contributed by atoms with Gasteiger partial charge in [-0.2, -0.15) is 0 Å². The molecule has 3 atom stereocenters. The molecule has 0 aromatic rings. The monoisotopic (exact) mass is 282 g/mol. The SMILES string of the molecule is CC(CN1CCCC1=O)NC(=O)C1CC(C)OC(C)C1. The minimum absolute atomic E-state index is 0.0120. The Morgan fingerprint density at radius 2 is 2.05 bits per heavy atom. The van der Waals surface area contributed by atoms with Crippen molar-refractivity contribution in [3.63, 3.8) is 0 Å². The van der Waals surface area contributed by atoms with E-state index in [1.165, 1.54) is 0 Å². The van der Waals surface area contributed by atoms with Gasteiger partial charge in [0.2, 0.25) is 11.8 Å². The summed E-state index contributed by atoms with van der Waals surface area (Å²) in [5, 5.41) is 3.05. The zero-order valence-electron chi connectivity index (χ0n) is 12.7. The van der Waals surface area contributed by atoms with Gasteiger partial charge in [-0.15, -0.1) is 0 Å². The number of hydrogen-bond donors (Lipinski definition) is 1. The fourth-order valence-corrected chi connectivity index (χ4v) is 3.25. The van der Waals surface area contributed by atoms with Gasteiger partial charge < -0.3 is 15.0 Å². The Morgan fingerprint density at radius 3 is 2.60 bits per heavy atom. The average molecular weight is 282 g/mol. The van der Waals surface area contributed by atoms with Crippen LogP contribution in [0.25, 0.3) is 0 Å². The van der Waals surface area contributed by atoms with Gasteiger partial charge in [0.1, 0.15) is 0 Å². The molecule has 0 aliphatic carbocycles. The van der Waals surface area contributed by atoms with Crippen LogP contribution in [0.4, 0.5) is 0 Å². The van der Waals surface area contributed by atoms with Gasteiger partial charge in [0.15, 0.2) is 0 Å². The van der Waals surface area contributed by atoms with Gasteiger partial charge in [0.25, 0.3) is 0 Å². The number of amides is 2. The van der Waals surface area contributed by atoms with Gasteiger partial charge >= 0.3 is 0 Å². The van der Waals surface area contributed by atoms with E-state index in [1.807, 2.05) is 25.7 Å². The maximum Gasteiger partial charge on any atom is 0.223 e. The third-order valence-corrected chi connectivity index (χ3v) is 4.12. The van der Waals surface area contributed by atoms with Crippen molar-refractivity contribution >= 4 is 11.8 Å². The van der Waals surface area contributed by atoms with E-state index in [1.54, 1.807) is 0 Å². The molecule has 0 bridgehead atoms. The summed E-state index contributed by atoms with van der Waals surface area (Å²) in [5.74, 6) is 0.344. The highest BCUT2D eigenvalue weighted by Gasteiger charge is 2.30. The van der Waals surface area contributed by atoms with Crippen LogP contribution < -0.4 is 5.32 Å². The van der Waals surface area contributed by atoms with Crippen LogP contribution in [0.3, 0.4) is 0 Å². The van der Waals surface area contributed by atoms with Crippen molar-refractivity contribution in [2.45, 2.75) is 64.7 Å². The van der Waals surface area contributed by atoms with Crippen LogP contribution in [0.5, 0.6) is 0 Å². The molecule has 114 valence electrons. The highest BCUT2D eigenvalue weighted by atomic mass is 16.5. The summed E-state index contributed by atoms with van der Waals surface area (Å²) in [6.07, 6.45) is 3.44. The lowest BCUT2D eigenvalue weighted by atomic mass is 9.91. The van der Waals surface area contributed by atoms with Crippen molar-refractivity contribution < 1.29 is 14.3 Å². The van der Waals surface area contributed by atoms with Crippen LogP contribution in [0, 0.1) is 5.92 Å². The Kier molecular flexibility index (Phi) is 5.02. The van der Waals surface area contributed by atoms with Crippen LogP contribution in [0.15, 0.2) is 0 Å². The second-order valence-corrected chi connectivity index (χ2v) is 6.28. The molecule has 1 N–H and O–H groups in total. The van der Waals surface area contributed by atoms with Crippen LogP contribution in [-0.4, -0.2) is 48.1 Å². The molecule has 3 unspecified atom stereocenters. The molecule has 2 rings (SSSR count). The highest BCUT2D eigenvalue weighted by Crippen LogP contribution is 2.24. The van der Waals surface area contributed by atoms with E-state index in [4.69, 9.17) is 4.74 Å². The van der Waals surface area contributed by atoms with Gasteiger partial charge in [-0.05, 0) is 40.0 Å². The third kappa shape index (κ3) is 3.95. The minimum Gasteiger partial charge on any atom is -0.376 e. The van der Waals surface area contributed by atoms with Crippen LogP contribution in [0.2, 0.25) is 0 Å². The first-order valence-electron chi connectivity index (χ1n) is 7.69. The van der Waals surface area contributed by atoms with Crippen molar-refractivity contribution in [3.8, 4) is 0 Å². The predicted octanol–water partition coefficient (Wildman–Crippen LogP) is 1.32. The Labute approximate surface area is 121 Å². The Balaban J connectivity index is 1.79. The number of nitrogens with one attached hydrogen (secondary N) is 1. The van der Waals surface area contributed by atoms with Crippen molar-refractivity contribution in [1.29, 1.82) is 0 Å². The lowest BCUT2D eigenvalue weighted by molar-refractivity contribution is -0.134. The van der Waals surface area contributed by atoms with Crippen molar-refractivity contribution in [2.75, 3.05) is 13.1 Å². The normalized spacial score (nSPS) is 32.2. The summed E-state index contributed by atoms with van der Waals surface area (Å²) < 4.78 is 5.66. The molecular formula is C15H26N2O3. The first kappa shape index (κ1) is 15.3. The lowest BCUT2D eigenvalue weighted by Crippen LogP contribution is -2.46. The molecule has 2 amide bonds. The van der Waals surface area contributed by atoms with Gasteiger partial charge in [-0.25, -0.2) is 0 Å². The number of carbonyl (C=O) groups excluding carboxylic acids is 2. The predicted molar refractivity (Wildman–Crippen MR) is 76.2 cm³/mol. The largest absolute Gasteiger partial charge is 0.376 e. The first-order valence-corrected chi connectivity index (χ1v) is 7.69. The molecule has 0 radical (unpaired) electrons. The Hall–Kier alpha value is -1.10. The van der Waals surface area contributed by atoms with E-state index < -0.39 is 0 Å². The summed E-state index contributed by atoms with van der Waals surface area (Å²) in [4.78, 5) is 25.7. The molecule has 5 heteroatoms. The molecule has 2 heterocycles. The molecule has 2 aliphatic rings. The summed E-state index contributed by atoms with van der Waals surface area (Å²) in [6, 6.07) is 0.0120. The Morgan fingerprint density at radius 1 is 1.40 bits per heavy atom. The van der Waals surface area contributed by atoms with Crippen molar-refractivity contribution in [2.24, 2.45) is 5.92 Å². The second kappa shape index (κ2) is 6.57. The highest BCUT2D eigenvalue weighted by molar-refractivity contribution is 5.80. The standard InChI is InChI=1S/C15H26N2O3/c1-10(9-17-6-4-5-14(17)18)16-15(19)13-7-11(2)20-12(3)8-13/h10-13H,4-9H2,1-3H3,(H,16,19). The zero-order valence-corrected chi connectivity index (χ0v) is 12.7. The van der Waals surface area contributed by atoms with Gasteiger partial charge in [-0.1, -0.05) is 0 Å². The topological polar surface area (TPSA) is 58.6 Å². The zero-order chi connectivity index (χ0) is 14.7. The number of hydrogen-bond acceptors (Lipinski definition) is 3. The van der Waals surface area contributed by atoms with Crippen LogP contribution in [0.1, 0.15) is 46.5 Å². The number of nitrogens with zero attached hydrogens (tertiary/aromatic N) is 1. The maximum absolute atomic E-state index is 12.3. The van der Waals surface area contributed by atoms with Gasteiger partial charge in [-0.3, -0.25) is 9.59 Å². The van der Waals surface area contributed by atoms with Gasteiger partial charge in [0.05, 0.1) is 12.2 Å². The number of ether oxygens (including phenoxy) is 1. The molecule has 2 saturated heterocycles. The third-order valence-electron chi connectivity index (χ3n) is 4.12. The van der Waals surface area contributed by atoms with Crippen LogP contribution >= 0.6 is 0 Å². The van der Waals surface area contributed by atoms with E-state index in [9.17, 15) is 9.59 Å². The quantitative estimate of drug-likeness (QED) is 0.846. The number of likely N-dealkylation sites (tertiary alicyclic amines) is 1. The summed E-state index contributed by atoms with van der Waals surface area (Å²) in [5.41, 5.74) is 0. The van der Waals surface area contributed by atoms with E-state index in [0.717, 1.165) is 25.8 Å². The summed E-state index contributed by atoms with van der Waals surface area (Å²) >= 11 is 0. The Bertz CT molecular complexity index is 362. The minimum atomic E-state index is 0.0120. The molecule has 20 heavy (non-hydrogen) atoms. The molecular weight excluding hydrogens is 256 g/mol. The molecule has 5 nitrogen and oxygen atoms in total. The maximum atomic E-state index is 12.3. The smallest absolute Gasteiger partial charge is 0.223 e. The fourth-order valence-electron chi connectivity index (χ4n) is 3.25. The number of rotatable bonds is 4. The molecule has 0 spiro atoms. The van der Waals surface area contributed by atoms with Gasteiger partial charge in [0, 0.05) is 31.5 Å². The molecule has 0 aromatic heterocycles. The van der Waals surface area contributed by atoms with E-state index in [0.29, 0.717) is 13.0 Å². The summed E-state index contributed by atoms with van der Waals surface area (Å²) in [7, 11) is 0. The van der Waals surface area contributed by atoms with Crippen molar-refractivity contribution in [1.82, 2.24) is 10.2 Å². The van der Waals surface area contributed by atoms with E-state index in [2.05, 4.69) is 5.32 Å². The number of carbonyl (C=O) groups is 2. The van der Waals surface area contributed by atoms with Crippen LogP contribution in [-0.2, 0) is 14.3 Å². The summed E-state index contributed by atoms with van der Waals surface area (Å²) in [6.45, 7) is 7.45. The first-order chi connectivity index (χ1) is 9.45. The lowest BCUT2D eigenvalue weighted by Gasteiger charge is -2.32. The molecule has 2 aliphatic heterocycles. The average Bonchev–Trinajstić information content (AvgIpc) is 2.73.